The third kappa shape index (κ3) is 9.07. The average Bonchev–Trinajstić information content (AvgIpc) is 2.75. The van der Waals surface area contributed by atoms with Crippen molar-refractivity contribution in [2.75, 3.05) is 13.1 Å². The summed E-state index contributed by atoms with van der Waals surface area (Å²) in [4.78, 5) is 24.3. The molecule has 0 aromatic heterocycles. The van der Waals surface area contributed by atoms with E-state index in [1.807, 2.05) is 5.32 Å². The molecule has 0 fully saturated rings. The summed E-state index contributed by atoms with van der Waals surface area (Å²) >= 11 is 17.6. The normalized spacial score (nSPS) is 13.0. The molecule has 0 aliphatic carbocycles. The molecule has 1 amide bonds. The summed E-state index contributed by atoms with van der Waals surface area (Å²) in [6, 6.07) is 6.29. The maximum Gasteiger partial charge on any atom is 0.401 e. The summed E-state index contributed by atoms with van der Waals surface area (Å²) in [5, 5.41) is 3.77. The Labute approximate surface area is 223 Å². The second-order valence-electron chi connectivity index (χ2n) is 7.83. The number of benzene rings is 2. The fraction of sp³-hybridized carbons (Fsp3) is 0.250. The maximum absolute atomic E-state index is 13.7. The van der Waals surface area contributed by atoms with Gasteiger partial charge in [0.25, 0.3) is 5.91 Å². The second-order valence-corrected chi connectivity index (χ2v) is 9.02. The molecule has 0 saturated heterocycles. The second kappa shape index (κ2) is 12.3. The molecule has 2 rings (SSSR count). The summed E-state index contributed by atoms with van der Waals surface area (Å²) < 4.78 is 77.7. The molecule has 0 spiro atoms. The van der Waals surface area contributed by atoms with Crippen LogP contribution in [0.3, 0.4) is 0 Å². The predicted octanol–water partition coefficient (Wildman–Crippen LogP) is 7.28. The third-order valence-electron chi connectivity index (χ3n) is 4.91. The van der Waals surface area contributed by atoms with E-state index >= 15 is 0 Å². The van der Waals surface area contributed by atoms with Crippen LogP contribution in [-0.4, -0.2) is 37.1 Å². The van der Waals surface area contributed by atoms with Gasteiger partial charge in [0.1, 0.15) is 0 Å². The monoisotopic (exact) mass is 586 g/mol. The van der Waals surface area contributed by atoms with Gasteiger partial charge in [-0.1, -0.05) is 65.7 Å². The summed E-state index contributed by atoms with van der Waals surface area (Å²) in [5.74, 6) is -3.67. The minimum atomic E-state index is -4.67. The van der Waals surface area contributed by atoms with E-state index in [1.54, 1.807) is 0 Å². The number of alkyl halides is 6. The standard InChI is InChI=1S/C24H19Cl3F6N2O2/c1-12-7-14(4-6-17(24(31,32)33)15-8-18(25)21(27)19(26)9-15)3-5-16(12)22(37)35-13(2)20(36)10-34-11-23(28,29)30/h3-9,17,34H,2,10-11H2,1H3,(H,35,37)/b6-4+. The Kier molecular flexibility index (Phi) is 10.2. The summed E-state index contributed by atoms with van der Waals surface area (Å²) in [7, 11) is 0. The number of ketones is 1. The number of carbonyl (C=O) groups is 2. The van der Waals surface area contributed by atoms with Gasteiger partial charge in [0.05, 0.1) is 39.8 Å². The zero-order valence-electron chi connectivity index (χ0n) is 19.0. The van der Waals surface area contributed by atoms with Crippen LogP contribution < -0.4 is 10.6 Å². The lowest BCUT2D eigenvalue weighted by Gasteiger charge is -2.18. The van der Waals surface area contributed by atoms with E-state index in [0.717, 1.165) is 18.2 Å². The van der Waals surface area contributed by atoms with Crippen molar-refractivity contribution < 1.29 is 35.9 Å². The van der Waals surface area contributed by atoms with Gasteiger partial charge in [-0.15, -0.1) is 0 Å². The fourth-order valence-corrected chi connectivity index (χ4v) is 3.73. The first-order chi connectivity index (χ1) is 17.0. The lowest BCUT2D eigenvalue weighted by molar-refractivity contribution is -0.139. The number of carbonyl (C=O) groups excluding carboxylic acids is 2. The molecule has 0 heterocycles. The van der Waals surface area contributed by atoms with Crippen LogP contribution in [0, 0.1) is 6.92 Å². The van der Waals surface area contributed by atoms with Crippen molar-refractivity contribution in [1.82, 2.24) is 10.6 Å². The molecule has 0 aliphatic heterocycles. The van der Waals surface area contributed by atoms with Crippen molar-refractivity contribution in [3.05, 3.63) is 86.0 Å². The van der Waals surface area contributed by atoms with E-state index in [0.29, 0.717) is 11.1 Å². The SMILES string of the molecule is C=C(NC(=O)c1ccc(/C=C/C(c2cc(Cl)c(Cl)c(Cl)c2)C(F)(F)F)cc1C)C(=O)CNCC(F)(F)F. The highest BCUT2D eigenvalue weighted by atomic mass is 35.5. The van der Waals surface area contributed by atoms with Crippen LogP contribution >= 0.6 is 34.8 Å². The number of Topliss-reactive ketones (excluding diaryl/α,β-unsaturated/α-hetero) is 1. The molecule has 2 N–H and O–H groups in total. The van der Waals surface area contributed by atoms with Crippen molar-refractivity contribution >= 4 is 52.6 Å². The van der Waals surface area contributed by atoms with Crippen LogP contribution in [0.5, 0.6) is 0 Å². The van der Waals surface area contributed by atoms with Crippen molar-refractivity contribution in [3.8, 4) is 0 Å². The number of rotatable bonds is 9. The summed E-state index contributed by atoms with van der Waals surface area (Å²) in [5.41, 5.74) is 0.134. The maximum atomic E-state index is 13.7. The molecule has 1 atom stereocenters. The van der Waals surface area contributed by atoms with Gasteiger partial charge < -0.3 is 10.6 Å². The van der Waals surface area contributed by atoms with E-state index in [1.165, 1.54) is 31.2 Å². The minimum Gasteiger partial charge on any atom is -0.319 e. The summed E-state index contributed by atoms with van der Waals surface area (Å²) in [6.07, 6.45) is -7.07. The molecular weight excluding hydrogens is 569 g/mol. The zero-order valence-corrected chi connectivity index (χ0v) is 21.2. The molecule has 1 unspecified atom stereocenters. The molecule has 0 saturated carbocycles. The van der Waals surface area contributed by atoms with E-state index in [9.17, 15) is 35.9 Å². The first-order valence-electron chi connectivity index (χ1n) is 10.3. The molecular formula is C24H19Cl3F6N2O2. The van der Waals surface area contributed by atoms with Gasteiger partial charge in [0.2, 0.25) is 0 Å². The summed E-state index contributed by atoms with van der Waals surface area (Å²) in [6.45, 7) is 2.79. The van der Waals surface area contributed by atoms with Gasteiger partial charge in [-0.05, 0) is 41.8 Å². The largest absolute Gasteiger partial charge is 0.401 e. The van der Waals surface area contributed by atoms with Crippen molar-refractivity contribution in [1.29, 1.82) is 0 Å². The Bertz CT molecular complexity index is 1200. The van der Waals surface area contributed by atoms with E-state index in [2.05, 4.69) is 11.9 Å². The van der Waals surface area contributed by atoms with Crippen LogP contribution in [0.4, 0.5) is 26.3 Å². The van der Waals surface area contributed by atoms with Gasteiger partial charge in [-0.25, -0.2) is 0 Å². The number of amides is 1. The molecule has 0 bridgehead atoms. The molecule has 0 aliphatic rings. The van der Waals surface area contributed by atoms with Crippen LogP contribution in [0.1, 0.15) is 33.0 Å². The molecule has 0 radical (unpaired) electrons. The molecule has 37 heavy (non-hydrogen) atoms. The van der Waals surface area contributed by atoms with E-state index in [4.69, 9.17) is 34.8 Å². The van der Waals surface area contributed by atoms with Gasteiger partial charge in [0.15, 0.2) is 5.78 Å². The first kappa shape index (κ1) is 30.7. The number of nitrogens with one attached hydrogen (secondary N) is 2. The highest BCUT2D eigenvalue weighted by Crippen LogP contribution is 2.41. The minimum absolute atomic E-state index is 0.0663. The molecule has 200 valence electrons. The Hall–Kier alpha value is -2.53. The Morgan fingerprint density at radius 3 is 2.14 bits per heavy atom. The molecule has 4 nitrogen and oxygen atoms in total. The van der Waals surface area contributed by atoms with Crippen molar-refractivity contribution in [2.24, 2.45) is 0 Å². The number of hydrogen-bond donors (Lipinski definition) is 2. The number of aryl methyl sites for hydroxylation is 1. The smallest absolute Gasteiger partial charge is 0.319 e. The Morgan fingerprint density at radius 1 is 1.03 bits per heavy atom. The van der Waals surface area contributed by atoms with Gasteiger partial charge >= 0.3 is 12.4 Å². The van der Waals surface area contributed by atoms with Crippen molar-refractivity contribution in [3.63, 3.8) is 0 Å². The van der Waals surface area contributed by atoms with Gasteiger partial charge in [-0.3, -0.25) is 9.59 Å². The van der Waals surface area contributed by atoms with E-state index < -0.39 is 48.7 Å². The highest BCUT2D eigenvalue weighted by molar-refractivity contribution is 6.48. The number of halogens is 9. The number of hydrogen-bond acceptors (Lipinski definition) is 3. The van der Waals surface area contributed by atoms with Gasteiger partial charge in [0, 0.05) is 5.56 Å². The van der Waals surface area contributed by atoms with Crippen LogP contribution in [-0.2, 0) is 4.79 Å². The predicted molar refractivity (Wildman–Crippen MR) is 131 cm³/mol. The highest BCUT2D eigenvalue weighted by Gasteiger charge is 2.39. The van der Waals surface area contributed by atoms with Crippen LogP contribution in [0.2, 0.25) is 15.1 Å². The first-order valence-corrected chi connectivity index (χ1v) is 11.4. The number of allylic oxidation sites excluding steroid dienone is 1. The quantitative estimate of drug-likeness (QED) is 0.184. The topological polar surface area (TPSA) is 58.2 Å². The Balaban J connectivity index is 2.15. The third-order valence-corrected chi connectivity index (χ3v) is 6.10. The lowest BCUT2D eigenvalue weighted by atomic mass is 9.96. The fourth-order valence-electron chi connectivity index (χ4n) is 3.12. The molecule has 13 heteroatoms. The van der Waals surface area contributed by atoms with Crippen LogP contribution in [0.15, 0.2) is 48.7 Å². The zero-order chi connectivity index (χ0) is 28.1. The van der Waals surface area contributed by atoms with Crippen molar-refractivity contribution in [2.45, 2.75) is 25.2 Å². The Morgan fingerprint density at radius 2 is 1.62 bits per heavy atom. The van der Waals surface area contributed by atoms with E-state index in [-0.39, 0.29) is 26.2 Å². The average molecular weight is 588 g/mol. The molecule has 2 aromatic carbocycles. The van der Waals surface area contributed by atoms with Crippen LogP contribution in [0.25, 0.3) is 6.08 Å². The lowest BCUT2D eigenvalue weighted by Crippen LogP contribution is -2.36. The van der Waals surface area contributed by atoms with Gasteiger partial charge in [-0.2, -0.15) is 26.3 Å². The molecule has 2 aromatic rings.